The minimum absolute atomic E-state index is 0.0531. The molecule has 1 aliphatic rings. The number of hydrogen-bond donors (Lipinski definition) is 1. The van der Waals surface area contributed by atoms with Gasteiger partial charge in [-0.05, 0) is 44.0 Å². The lowest BCUT2D eigenvalue weighted by molar-refractivity contribution is -0.124. The summed E-state index contributed by atoms with van der Waals surface area (Å²) in [5.41, 5.74) is 0. The number of amides is 1. The fourth-order valence-electron chi connectivity index (χ4n) is 2.41. The molecule has 6 nitrogen and oxygen atoms in total. The second-order valence-electron chi connectivity index (χ2n) is 5.38. The van der Waals surface area contributed by atoms with Gasteiger partial charge in [-0.15, -0.1) is 0 Å². The quantitative estimate of drug-likeness (QED) is 0.839. The molecule has 8 heteroatoms. The maximum atomic E-state index is 12.8. The number of carbonyl (C=O) groups excluding carboxylic acids is 1. The summed E-state index contributed by atoms with van der Waals surface area (Å²) in [5.74, 6) is -0.123. The molecule has 0 unspecified atom stereocenters. The smallest absolute Gasteiger partial charge is 0.258 e. The number of sulfonamides is 1. The molecule has 2 rings (SSSR count). The van der Waals surface area contributed by atoms with Crippen molar-refractivity contribution in [3.63, 3.8) is 0 Å². The van der Waals surface area contributed by atoms with Crippen LogP contribution in [-0.4, -0.2) is 50.1 Å². The number of piperidine rings is 1. The number of nitrogens with zero attached hydrogens (tertiary/aromatic N) is 1. The van der Waals surface area contributed by atoms with Crippen LogP contribution in [-0.2, 0) is 14.8 Å². The van der Waals surface area contributed by atoms with Gasteiger partial charge >= 0.3 is 0 Å². The Labute approximate surface area is 135 Å². The van der Waals surface area contributed by atoms with Crippen molar-refractivity contribution < 1.29 is 22.3 Å². The van der Waals surface area contributed by atoms with Crippen LogP contribution in [0.25, 0.3) is 0 Å². The van der Waals surface area contributed by atoms with Crippen molar-refractivity contribution in [1.82, 2.24) is 9.62 Å². The van der Waals surface area contributed by atoms with E-state index < -0.39 is 10.0 Å². The molecule has 1 aromatic rings. The summed E-state index contributed by atoms with van der Waals surface area (Å²) in [6.07, 6.45) is 1.17. The van der Waals surface area contributed by atoms with Gasteiger partial charge in [0.1, 0.15) is 11.6 Å². The first-order chi connectivity index (χ1) is 10.9. The molecule has 0 atom stereocenters. The molecule has 1 saturated heterocycles. The van der Waals surface area contributed by atoms with Crippen LogP contribution in [0.3, 0.4) is 0 Å². The first-order valence-electron chi connectivity index (χ1n) is 7.56. The van der Waals surface area contributed by atoms with Crippen LogP contribution in [0.4, 0.5) is 4.39 Å². The van der Waals surface area contributed by atoms with Crippen LogP contribution in [0, 0.1) is 5.82 Å². The Balaban J connectivity index is 1.73. The summed E-state index contributed by atoms with van der Waals surface area (Å²) in [6.45, 7) is 2.30. The van der Waals surface area contributed by atoms with Gasteiger partial charge < -0.3 is 10.1 Å². The van der Waals surface area contributed by atoms with E-state index in [4.69, 9.17) is 4.74 Å². The number of carbonyl (C=O) groups is 1. The van der Waals surface area contributed by atoms with Crippen LogP contribution in [0.1, 0.15) is 19.8 Å². The molecule has 1 amide bonds. The summed E-state index contributed by atoms with van der Waals surface area (Å²) in [7, 11) is -3.16. The maximum absolute atomic E-state index is 12.8. The van der Waals surface area contributed by atoms with Crippen LogP contribution in [0.2, 0.25) is 0 Å². The molecule has 0 saturated carbocycles. The van der Waals surface area contributed by atoms with Crippen LogP contribution >= 0.6 is 0 Å². The highest BCUT2D eigenvalue weighted by atomic mass is 32.2. The normalized spacial score (nSPS) is 17.0. The molecule has 0 aliphatic carbocycles. The first-order valence-corrected chi connectivity index (χ1v) is 9.17. The van der Waals surface area contributed by atoms with Crippen molar-refractivity contribution >= 4 is 15.9 Å². The Kier molecular flexibility index (Phi) is 5.95. The Morgan fingerprint density at radius 2 is 1.91 bits per heavy atom. The molecule has 128 valence electrons. The number of benzene rings is 1. The SMILES string of the molecule is CCS(=O)(=O)N1CCC(NC(=O)COc2ccc(F)cc2)CC1. The van der Waals surface area contributed by atoms with Crippen molar-refractivity contribution in [3.8, 4) is 5.75 Å². The summed E-state index contributed by atoms with van der Waals surface area (Å²) in [5, 5.41) is 2.83. The highest BCUT2D eigenvalue weighted by Gasteiger charge is 2.27. The van der Waals surface area contributed by atoms with Crippen molar-refractivity contribution in [2.45, 2.75) is 25.8 Å². The van der Waals surface area contributed by atoms with Crippen molar-refractivity contribution in [3.05, 3.63) is 30.1 Å². The van der Waals surface area contributed by atoms with Gasteiger partial charge in [0.25, 0.3) is 5.91 Å². The molecule has 1 aromatic carbocycles. The average molecular weight is 344 g/mol. The largest absolute Gasteiger partial charge is 0.484 e. The number of hydrogen-bond acceptors (Lipinski definition) is 4. The topological polar surface area (TPSA) is 75.7 Å². The molecule has 0 aromatic heterocycles. The van der Waals surface area contributed by atoms with E-state index in [1.54, 1.807) is 6.92 Å². The first kappa shape index (κ1) is 17.7. The van der Waals surface area contributed by atoms with E-state index in [1.807, 2.05) is 0 Å². The van der Waals surface area contributed by atoms with E-state index in [0.717, 1.165) is 0 Å². The molecule has 0 spiro atoms. The Bertz CT molecular complexity index is 625. The molecule has 1 fully saturated rings. The lowest BCUT2D eigenvalue weighted by atomic mass is 10.1. The summed E-state index contributed by atoms with van der Waals surface area (Å²) in [6, 6.07) is 5.38. The number of halogens is 1. The predicted molar refractivity (Wildman–Crippen MR) is 84.1 cm³/mol. The Hall–Kier alpha value is -1.67. The third kappa shape index (κ3) is 5.18. The highest BCUT2D eigenvalue weighted by Crippen LogP contribution is 2.15. The lowest BCUT2D eigenvalue weighted by Gasteiger charge is -2.31. The predicted octanol–water partition coefficient (Wildman–Crippen LogP) is 1.13. The van der Waals surface area contributed by atoms with E-state index in [2.05, 4.69) is 5.32 Å². The lowest BCUT2D eigenvalue weighted by Crippen LogP contribution is -2.47. The van der Waals surface area contributed by atoms with Crippen molar-refractivity contribution in [2.75, 3.05) is 25.4 Å². The van der Waals surface area contributed by atoms with Gasteiger partial charge in [0.2, 0.25) is 10.0 Å². The second-order valence-corrected chi connectivity index (χ2v) is 7.64. The number of rotatable bonds is 6. The molecular weight excluding hydrogens is 323 g/mol. The standard InChI is InChI=1S/C15H21FN2O4S/c1-2-23(20,21)18-9-7-13(8-10-18)17-15(19)11-22-14-5-3-12(16)4-6-14/h3-6,13H,2,7-11H2,1H3,(H,17,19). The van der Waals surface area contributed by atoms with Gasteiger partial charge in [-0.25, -0.2) is 17.1 Å². The average Bonchev–Trinajstić information content (AvgIpc) is 2.55. The summed E-state index contributed by atoms with van der Waals surface area (Å²) >= 11 is 0. The highest BCUT2D eigenvalue weighted by molar-refractivity contribution is 7.89. The summed E-state index contributed by atoms with van der Waals surface area (Å²) < 4.78 is 43.0. The Morgan fingerprint density at radius 1 is 1.30 bits per heavy atom. The maximum Gasteiger partial charge on any atom is 0.258 e. The molecule has 23 heavy (non-hydrogen) atoms. The monoisotopic (exact) mass is 344 g/mol. The van der Waals surface area contributed by atoms with Gasteiger partial charge in [0.05, 0.1) is 5.75 Å². The third-order valence-electron chi connectivity index (χ3n) is 3.76. The summed E-state index contributed by atoms with van der Waals surface area (Å²) in [4.78, 5) is 11.8. The molecular formula is C15H21FN2O4S. The molecule has 0 radical (unpaired) electrons. The fourth-order valence-corrected chi connectivity index (χ4v) is 3.54. The van der Waals surface area contributed by atoms with Crippen molar-refractivity contribution in [1.29, 1.82) is 0 Å². The second kappa shape index (κ2) is 7.74. The molecule has 1 aliphatic heterocycles. The zero-order valence-electron chi connectivity index (χ0n) is 13.0. The van der Waals surface area contributed by atoms with Crippen LogP contribution in [0.15, 0.2) is 24.3 Å². The van der Waals surface area contributed by atoms with Gasteiger partial charge in [0.15, 0.2) is 6.61 Å². The fraction of sp³-hybridized carbons (Fsp3) is 0.533. The zero-order chi connectivity index (χ0) is 16.9. The van der Waals surface area contributed by atoms with E-state index in [1.165, 1.54) is 28.6 Å². The molecule has 1 heterocycles. The minimum atomic E-state index is -3.16. The minimum Gasteiger partial charge on any atom is -0.484 e. The van der Waals surface area contributed by atoms with E-state index >= 15 is 0 Å². The van der Waals surface area contributed by atoms with E-state index in [0.29, 0.717) is 31.7 Å². The van der Waals surface area contributed by atoms with Crippen LogP contribution < -0.4 is 10.1 Å². The van der Waals surface area contributed by atoms with Crippen molar-refractivity contribution in [2.24, 2.45) is 0 Å². The molecule has 1 N–H and O–H groups in total. The Morgan fingerprint density at radius 3 is 2.48 bits per heavy atom. The number of ether oxygens (including phenoxy) is 1. The van der Waals surface area contributed by atoms with Crippen LogP contribution in [0.5, 0.6) is 5.75 Å². The molecule has 0 bridgehead atoms. The van der Waals surface area contributed by atoms with Gasteiger partial charge in [-0.2, -0.15) is 0 Å². The van der Waals surface area contributed by atoms with E-state index in [9.17, 15) is 17.6 Å². The van der Waals surface area contributed by atoms with Gasteiger partial charge in [-0.3, -0.25) is 4.79 Å². The third-order valence-corrected chi connectivity index (χ3v) is 5.64. The van der Waals surface area contributed by atoms with E-state index in [-0.39, 0.29) is 30.1 Å². The zero-order valence-corrected chi connectivity index (χ0v) is 13.8. The van der Waals surface area contributed by atoms with Gasteiger partial charge in [0, 0.05) is 19.1 Å². The van der Waals surface area contributed by atoms with Gasteiger partial charge in [-0.1, -0.05) is 0 Å². The number of nitrogens with one attached hydrogen (secondary N) is 1.